The fourth-order valence-electron chi connectivity index (χ4n) is 1.67. The van der Waals surface area contributed by atoms with Gasteiger partial charge in [0.25, 0.3) is 0 Å². The second-order valence-electron chi connectivity index (χ2n) is 4.87. The monoisotopic (exact) mass is 254 g/mol. The highest BCUT2D eigenvalue weighted by atomic mass is 19.1. The molecular formula is C14H23FN2O. The van der Waals surface area contributed by atoms with E-state index >= 15 is 0 Å². The van der Waals surface area contributed by atoms with E-state index in [9.17, 15) is 4.39 Å². The van der Waals surface area contributed by atoms with Crippen molar-refractivity contribution < 1.29 is 9.13 Å². The van der Waals surface area contributed by atoms with E-state index in [2.05, 4.69) is 17.2 Å². The van der Waals surface area contributed by atoms with Crippen molar-refractivity contribution in [1.82, 2.24) is 10.3 Å². The molecule has 0 fully saturated rings. The van der Waals surface area contributed by atoms with Crippen LogP contribution in [0.3, 0.4) is 0 Å². The predicted octanol–water partition coefficient (Wildman–Crippen LogP) is 3.29. The minimum atomic E-state index is -0.328. The molecule has 4 heteroatoms. The van der Waals surface area contributed by atoms with Gasteiger partial charge in [0.05, 0.1) is 12.3 Å². The molecule has 1 unspecified atom stereocenters. The summed E-state index contributed by atoms with van der Waals surface area (Å²) in [5.74, 6) is 0.205. The normalized spacial score (nSPS) is 12.8. The molecule has 0 saturated heterocycles. The fourth-order valence-corrected chi connectivity index (χ4v) is 1.67. The van der Waals surface area contributed by atoms with Crippen molar-refractivity contribution in [2.24, 2.45) is 0 Å². The van der Waals surface area contributed by atoms with Crippen molar-refractivity contribution in [2.75, 3.05) is 0 Å². The maximum Gasteiger partial charge on any atom is 0.218 e. The lowest BCUT2D eigenvalue weighted by Gasteiger charge is -2.17. The lowest BCUT2D eigenvalue weighted by molar-refractivity contribution is 0.198. The zero-order chi connectivity index (χ0) is 13.5. The summed E-state index contributed by atoms with van der Waals surface area (Å²) in [5.41, 5.74) is 0.770. The first-order valence-corrected chi connectivity index (χ1v) is 6.57. The third-order valence-corrected chi connectivity index (χ3v) is 2.60. The summed E-state index contributed by atoms with van der Waals surface area (Å²) < 4.78 is 19.0. The van der Waals surface area contributed by atoms with Crippen LogP contribution < -0.4 is 10.1 Å². The lowest BCUT2D eigenvalue weighted by atomic mass is 10.2. The molecule has 102 valence electrons. The summed E-state index contributed by atoms with van der Waals surface area (Å²) in [6.45, 7) is 8.78. The third kappa shape index (κ3) is 5.00. The summed E-state index contributed by atoms with van der Waals surface area (Å²) in [6.07, 6.45) is 3.33. The van der Waals surface area contributed by atoms with Crippen molar-refractivity contribution in [1.29, 1.82) is 0 Å². The average Bonchev–Trinajstić information content (AvgIpc) is 2.29. The van der Waals surface area contributed by atoms with E-state index < -0.39 is 0 Å². The summed E-state index contributed by atoms with van der Waals surface area (Å²) in [7, 11) is 0. The maximum absolute atomic E-state index is 13.2. The Labute approximate surface area is 109 Å². The number of nitrogens with zero attached hydrogens (tertiary/aromatic N) is 1. The first kappa shape index (κ1) is 14.9. The van der Waals surface area contributed by atoms with Gasteiger partial charge in [0.1, 0.15) is 5.82 Å². The molecule has 0 aliphatic carbocycles. The van der Waals surface area contributed by atoms with Gasteiger partial charge in [-0.25, -0.2) is 9.37 Å². The van der Waals surface area contributed by atoms with E-state index in [0.717, 1.165) is 18.4 Å². The highest BCUT2D eigenvalue weighted by molar-refractivity contribution is 5.26. The Morgan fingerprint density at radius 1 is 1.39 bits per heavy atom. The summed E-state index contributed by atoms with van der Waals surface area (Å²) >= 11 is 0. The molecule has 1 aromatic rings. The van der Waals surface area contributed by atoms with Gasteiger partial charge in [0.2, 0.25) is 5.88 Å². The number of nitrogens with one attached hydrogen (secondary N) is 1. The molecule has 1 N–H and O–H groups in total. The molecule has 1 atom stereocenters. The maximum atomic E-state index is 13.2. The van der Waals surface area contributed by atoms with Crippen molar-refractivity contribution in [3.05, 3.63) is 23.6 Å². The van der Waals surface area contributed by atoms with Crippen LogP contribution in [0.25, 0.3) is 0 Å². The van der Waals surface area contributed by atoms with Crippen LogP contribution in [-0.4, -0.2) is 17.1 Å². The number of aromatic nitrogens is 1. The highest BCUT2D eigenvalue weighted by Crippen LogP contribution is 2.18. The molecular weight excluding hydrogens is 231 g/mol. The zero-order valence-electron chi connectivity index (χ0n) is 11.7. The van der Waals surface area contributed by atoms with E-state index in [-0.39, 0.29) is 11.9 Å². The molecule has 0 amide bonds. The standard InChI is InChI=1S/C14H23FN2O/c1-5-6-11(4)18-14-12(8-16-10(2)3)7-13(15)9-17-14/h7,9-11,16H,5-6,8H2,1-4H3. The van der Waals surface area contributed by atoms with E-state index in [1.54, 1.807) is 0 Å². The number of pyridine rings is 1. The first-order valence-electron chi connectivity index (χ1n) is 6.57. The molecule has 0 aliphatic heterocycles. The zero-order valence-corrected chi connectivity index (χ0v) is 11.7. The van der Waals surface area contributed by atoms with Crippen molar-refractivity contribution in [3.8, 4) is 5.88 Å². The lowest BCUT2D eigenvalue weighted by Crippen LogP contribution is -2.23. The van der Waals surface area contributed by atoms with E-state index in [4.69, 9.17) is 4.74 Å². The number of rotatable bonds is 7. The van der Waals surface area contributed by atoms with Crippen molar-refractivity contribution in [2.45, 2.75) is 59.2 Å². The topological polar surface area (TPSA) is 34.1 Å². The Morgan fingerprint density at radius 2 is 2.11 bits per heavy atom. The number of hydrogen-bond acceptors (Lipinski definition) is 3. The van der Waals surface area contributed by atoms with Gasteiger partial charge in [0, 0.05) is 18.2 Å². The smallest absolute Gasteiger partial charge is 0.218 e. The largest absolute Gasteiger partial charge is 0.474 e. The second kappa shape index (κ2) is 7.31. The van der Waals surface area contributed by atoms with Crippen LogP contribution in [0, 0.1) is 5.82 Å². The number of halogens is 1. The molecule has 1 rings (SSSR count). The average molecular weight is 254 g/mol. The quantitative estimate of drug-likeness (QED) is 0.810. The number of hydrogen-bond donors (Lipinski definition) is 1. The Hall–Kier alpha value is -1.16. The molecule has 0 spiro atoms. The van der Waals surface area contributed by atoms with Crippen LogP contribution in [0.15, 0.2) is 12.3 Å². The van der Waals surface area contributed by atoms with Gasteiger partial charge in [-0.05, 0) is 19.4 Å². The summed E-state index contributed by atoms with van der Waals surface area (Å²) in [6, 6.07) is 1.82. The van der Waals surface area contributed by atoms with Crippen LogP contribution in [0.4, 0.5) is 4.39 Å². The molecule has 1 heterocycles. The highest BCUT2D eigenvalue weighted by Gasteiger charge is 2.11. The minimum Gasteiger partial charge on any atom is -0.474 e. The Morgan fingerprint density at radius 3 is 2.72 bits per heavy atom. The molecule has 0 bridgehead atoms. The predicted molar refractivity (Wildman–Crippen MR) is 71.2 cm³/mol. The van der Waals surface area contributed by atoms with Gasteiger partial charge in [-0.3, -0.25) is 0 Å². The molecule has 0 aromatic carbocycles. The van der Waals surface area contributed by atoms with Gasteiger partial charge in [-0.15, -0.1) is 0 Å². The van der Waals surface area contributed by atoms with Crippen LogP contribution in [0.5, 0.6) is 5.88 Å². The third-order valence-electron chi connectivity index (χ3n) is 2.60. The van der Waals surface area contributed by atoms with Crippen LogP contribution in [0.1, 0.15) is 46.1 Å². The van der Waals surface area contributed by atoms with Gasteiger partial charge < -0.3 is 10.1 Å². The van der Waals surface area contributed by atoms with Crippen LogP contribution in [-0.2, 0) is 6.54 Å². The first-order chi connectivity index (χ1) is 8.52. The molecule has 1 aromatic heterocycles. The molecule has 0 saturated carbocycles. The Balaban J connectivity index is 2.75. The van der Waals surface area contributed by atoms with Crippen molar-refractivity contribution >= 4 is 0 Å². The molecule has 0 radical (unpaired) electrons. The van der Waals surface area contributed by atoms with E-state index in [1.807, 2.05) is 20.8 Å². The second-order valence-corrected chi connectivity index (χ2v) is 4.87. The SMILES string of the molecule is CCCC(C)Oc1ncc(F)cc1CNC(C)C. The Bertz CT molecular complexity index is 369. The number of ether oxygens (including phenoxy) is 1. The summed E-state index contributed by atoms with van der Waals surface area (Å²) in [4.78, 5) is 4.04. The van der Waals surface area contributed by atoms with Gasteiger partial charge >= 0.3 is 0 Å². The van der Waals surface area contributed by atoms with E-state index in [0.29, 0.717) is 18.5 Å². The van der Waals surface area contributed by atoms with Crippen LogP contribution in [0.2, 0.25) is 0 Å². The fraction of sp³-hybridized carbons (Fsp3) is 0.643. The molecule has 0 aliphatic rings. The van der Waals surface area contributed by atoms with Crippen molar-refractivity contribution in [3.63, 3.8) is 0 Å². The minimum absolute atomic E-state index is 0.103. The van der Waals surface area contributed by atoms with Gasteiger partial charge in [-0.2, -0.15) is 0 Å². The van der Waals surface area contributed by atoms with E-state index in [1.165, 1.54) is 12.3 Å². The van der Waals surface area contributed by atoms with Gasteiger partial charge in [0.15, 0.2) is 0 Å². The summed E-state index contributed by atoms with van der Waals surface area (Å²) in [5, 5.41) is 3.25. The van der Waals surface area contributed by atoms with Crippen LogP contribution >= 0.6 is 0 Å². The molecule has 18 heavy (non-hydrogen) atoms. The Kier molecular flexibility index (Phi) is 6.05. The van der Waals surface area contributed by atoms with Gasteiger partial charge in [-0.1, -0.05) is 27.2 Å². The molecule has 3 nitrogen and oxygen atoms in total.